The molecule has 282 valence electrons. The number of imide groups is 2. The lowest BCUT2D eigenvalue weighted by Crippen LogP contribution is -2.74. The van der Waals surface area contributed by atoms with E-state index < -0.39 is 69.6 Å². The molecular weight excluding hydrogens is 722 g/mol. The van der Waals surface area contributed by atoms with Gasteiger partial charge >= 0.3 is 0 Å². The fourth-order valence-corrected chi connectivity index (χ4v) is 8.23. The number of ether oxygens (including phenoxy) is 1. The van der Waals surface area contributed by atoms with Crippen LogP contribution in [0.25, 0.3) is 0 Å². The highest BCUT2D eigenvalue weighted by molar-refractivity contribution is 6.31. The third-order valence-electron chi connectivity index (χ3n) is 10.4. The van der Waals surface area contributed by atoms with Gasteiger partial charge in [0.05, 0.1) is 21.7 Å². The van der Waals surface area contributed by atoms with Crippen molar-refractivity contribution in [2.75, 3.05) is 25.0 Å². The van der Waals surface area contributed by atoms with Crippen molar-refractivity contribution in [2.45, 2.75) is 65.1 Å². The summed E-state index contributed by atoms with van der Waals surface area (Å²) in [5.41, 5.74) is -0.314. The molecule has 0 bridgehead atoms. The number of rotatable bonds is 12. The molecule has 0 spiro atoms. The van der Waals surface area contributed by atoms with Crippen molar-refractivity contribution in [3.63, 3.8) is 0 Å². The largest absolute Gasteiger partial charge is 0.489 e. The molecule has 54 heavy (non-hydrogen) atoms. The van der Waals surface area contributed by atoms with Crippen LogP contribution in [-0.4, -0.2) is 72.3 Å². The van der Waals surface area contributed by atoms with Crippen LogP contribution in [0, 0.1) is 33.8 Å². The molecule has 1 saturated carbocycles. The number of hydrogen-bond donors (Lipinski definition) is 4. The van der Waals surface area contributed by atoms with Crippen LogP contribution in [0.4, 0.5) is 14.5 Å². The molecule has 3 aliphatic rings. The monoisotopic (exact) mass is 760 g/mol. The predicted octanol–water partition coefficient (Wildman–Crippen LogP) is 4.75. The van der Waals surface area contributed by atoms with E-state index in [0.29, 0.717) is 42.2 Å². The molecule has 1 unspecified atom stereocenters. The third-order valence-corrected chi connectivity index (χ3v) is 10.7. The number of piperidine rings is 1. The second-order valence-corrected chi connectivity index (χ2v) is 15.3. The van der Waals surface area contributed by atoms with Gasteiger partial charge in [0, 0.05) is 48.1 Å². The molecule has 6 rings (SSSR count). The van der Waals surface area contributed by atoms with Crippen molar-refractivity contribution in [2.24, 2.45) is 10.8 Å². The molecular formula is C39H39ClF2N6O6. The Bertz CT molecular complexity index is 2080. The molecule has 5 amide bonds. The van der Waals surface area contributed by atoms with E-state index in [1.54, 1.807) is 24.3 Å². The molecule has 15 heteroatoms. The number of halogens is 3. The molecule has 3 aromatic carbocycles. The van der Waals surface area contributed by atoms with Gasteiger partial charge in [-0.25, -0.2) is 8.78 Å². The lowest BCUT2D eigenvalue weighted by atomic mass is 9.49. The van der Waals surface area contributed by atoms with Crippen molar-refractivity contribution in [1.82, 2.24) is 20.9 Å². The van der Waals surface area contributed by atoms with Gasteiger partial charge in [0.2, 0.25) is 11.8 Å². The Morgan fingerprint density at radius 3 is 2.30 bits per heavy atom. The second-order valence-electron chi connectivity index (χ2n) is 14.9. The number of benzene rings is 3. The third kappa shape index (κ3) is 7.13. The Balaban J connectivity index is 0.979. The first-order valence-electron chi connectivity index (χ1n) is 17.5. The highest BCUT2D eigenvalue weighted by atomic mass is 35.5. The molecule has 1 saturated heterocycles. The second kappa shape index (κ2) is 14.8. The van der Waals surface area contributed by atoms with Crippen molar-refractivity contribution >= 4 is 46.8 Å². The SMILES string of the molecule is CC1(C)C(NC(=O)c2c(F)cc(CCNCCNc3ccc4c(c3)C(=O)N(C3CCC(=O)NC3=O)C4=O)cc2F)C(C)(C)C1Oc1ccc(C#N)c(Cl)c1. The van der Waals surface area contributed by atoms with Gasteiger partial charge in [-0.15, -0.1) is 0 Å². The molecule has 1 atom stereocenters. The van der Waals surface area contributed by atoms with Gasteiger partial charge in [0.15, 0.2) is 0 Å². The van der Waals surface area contributed by atoms with Crippen LogP contribution >= 0.6 is 11.6 Å². The zero-order valence-electron chi connectivity index (χ0n) is 30.1. The fraction of sp³-hybridized carbons (Fsp3) is 0.385. The summed E-state index contributed by atoms with van der Waals surface area (Å²) in [5.74, 6) is -4.66. The van der Waals surface area contributed by atoms with Gasteiger partial charge < -0.3 is 20.7 Å². The van der Waals surface area contributed by atoms with Crippen molar-refractivity contribution in [3.05, 3.63) is 93.0 Å². The van der Waals surface area contributed by atoms with Crippen LogP contribution in [0.1, 0.15) is 82.7 Å². The van der Waals surface area contributed by atoms with Crippen LogP contribution in [0.2, 0.25) is 5.02 Å². The van der Waals surface area contributed by atoms with Crippen LogP contribution in [-0.2, 0) is 16.0 Å². The molecule has 0 radical (unpaired) electrons. The van der Waals surface area contributed by atoms with Crippen molar-refractivity contribution in [1.29, 1.82) is 5.26 Å². The highest BCUT2D eigenvalue weighted by Crippen LogP contribution is 2.55. The van der Waals surface area contributed by atoms with Crippen LogP contribution < -0.4 is 26.0 Å². The van der Waals surface area contributed by atoms with Gasteiger partial charge in [-0.05, 0) is 67.4 Å². The van der Waals surface area contributed by atoms with Gasteiger partial charge in [-0.1, -0.05) is 39.3 Å². The van der Waals surface area contributed by atoms with E-state index in [9.17, 15) is 24.0 Å². The summed E-state index contributed by atoms with van der Waals surface area (Å²) in [5, 5.41) is 20.7. The van der Waals surface area contributed by atoms with Crippen molar-refractivity contribution in [3.8, 4) is 11.8 Å². The summed E-state index contributed by atoms with van der Waals surface area (Å²) in [7, 11) is 0. The summed E-state index contributed by atoms with van der Waals surface area (Å²) in [4.78, 5) is 63.9. The Kier molecular flexibility index (Phi) is 10.5. The van der Waals surface area contributed by atoms with Crippen molar-refractivity contribution < 1.29 is 37.5 Å². The van der Waals surface area contributed by atoms with Gasteiger partial charge in [-0.3, -0.25) is 34.2 Å². The molecule has 2 heterocycles. The predicted molar refractivity (Wildman–Crippen MR) is 194 cm³/mol. The average Bonchev–Trinajstić information content (AvgIpc) is 3.35. The maximum Gasteiger partial charge on any atom is 0.262 e. The number of nitriles is 1. The van der Waals surface area contributed by atoms with Crippen LogP contribution in [0.5, 0.6) is 5.75 Å². The average molecular weight is 761 g/mol. The number of carbonyl (C=O) groups is 5. The number of hydrogen-bond acceptors (Lipinski definition) is 9. The Morgan fingerprint density at radius 1 is 0.963 bits per heavy atom. The summed E-state index contributed by atoms with van der Waals surface area (Å²) < 4.78 is 36.7. The summed E-state index contributed by atoms with van der Waals surface area (Å²) in [6.07, 6.45) is -0.00527. The molecule has 0 aromatic heterocycles. The molecule has 1 aliphatic carbocycles. The van der Waals surface area contributed by atoms with E-state index in [4.69, 9.17) is 21.6 Å². The number of fused-ring (bicyclic) bond motifs is 1. The van der Waals surface area contributed by atoms with Gasteiger partial charge in [0.25, 0.3) is 17.7 Å². The first-order chi connectivity index (χ1) is 25.5. The Labute approximate surface area is 315 Å². The zero-order chi connectivity index (χ0) is 39.1. The Hall–Kier alpha value is -5.39. The summed E-state index contributed by atoms with van der Waals surface area (Å²) >= 11 is 6.17. The standard InChI is InChI=1S/C39H39ClF2N6O6/c1-38(2)36(39(3,4)37(38)54-23-7-5-21(19-43)26(40)18-23)47-33(51)31-27(41)15-20(16-28(31)42)11-12-44-13-14-45-22-6-8-24-25(17-22)35(53)48(34(24)52)29-9-10-30(49)46-32(29)50/h5-8,15-18,29,36-37,44-45H,9-14H2,1-4H3,(H,47,51)(H,46,49,50). The summed E-state index contributed by atoms with van der Waals surface area (Å²) in [6.45, 7) is 8.82. The van der Waals surface area contributed by atoms with E-state index in [2.05, 4.69) is 21.3 Å². The topological polar surface area (TPSA) is 170 Å². The van der Waals surface area contributed by atoms with E-state index in [-0.39, 0.29) is 41.5 Å². The fourth-order valence-electron chi connectivity index (χ4n) is 8.02. The smallest absolute Gasteiger partial charge is 0.262 e. The maximum absolute atomic E-state index is 15.2. The lowest BCUT2D eigenvalue weighted by molar-refractivity contribution is -0.164. The number of anilines is 1. The number of nitrogens with one attached hydrogen (secondary N) is 4. The minimum atomic E-state index is -1.05. The minimum absolute atomic E-state index is 0.0336. The summed E-state index contributed by atoms with van der Waals surface area (Å²) in [6, 6.07) is 12.2. The minimum Gasteiger partial charge on any atom is -0.489 e. The normalized spacial score (nSPS) is 21.1. The highest BCUT2D eigenvalue weighted by Gasteiger charge is 2.64. The number of carbonyl (C=O) groups excluding carboxylic acids is 5. The van der Waals surface area contributed by atoms with Gasteiger partial charge in [0.1, 0.15) is 41.2 Å². The molecule has 2 aliphatic heterocycles. The Morgan fingerprint density at radius 2 is 1.65 bits per heavy atom. The van der Waals surface area contributed by atoms with Crippen LogP contribution in [0.3, 0.4) is 0 Å². The first-order valence-corrected chi connectivity index (χ1v) is 17.9. The maximum atomic E-state index is 15.2. The molecule has 12 nitrogen and oxygen atoms in total. The molecule has 2 fully saturated rings. The first kappa shape index (κ1) is 38.3. The van der Waals surface area contributed by atoms with Gasteiger partial charge in [-0.2, -0.15) is 5.26 Å². The molecule has 4 N–H and O–H groups in total. The van der Waals surface area contributed by atoms with Crippen LogP contribution in [0.15, 0.2) is 48.5 Å². The van der Waals surface area contributed by atoms with E-state index in [0.717, 1.165) is 17.0 Å². The molecule has 3 aromatic rings. The number of nitrogens with zero attached hydrogens (tertiary/aromatic N) is 2. The van der Waals surface area contributed by atoms with E-state index >= 15 is 8.78 Å². The zero-order valence-corrected chi connectivity index (χ0v) is 30.8. The quantitative estimate of drug-likeness (QED) is 0.150. The number of amides is 5. The van der Waals surface area contributed by atoms with E-state index in [1.807, 2.05) is 33.8 Å². The lowest BCUT2D eigenvalue weighted by Gasteiger charge is -2.63. The van der Waals surface area contributed by atoms with E-state index in [1.165, 1.54) is 12.1 Å².